The van der Waals surface area contributed by atoms with Gasteiger partial charge in [-0.1, -0.05) is 20.7 Å². The lowest BCUT2D eigenvalue weighted by Gasteiger charge is -2.27. The highest BCUT2D eigenvalue weighted by atomic mass is 79.9. The van der Waals surface area contributed by atoms with E-state index >= 15 is 0 Å². The van der Waals surface area contributed by atoms with Crippen LogP contribution in [0.2, 0.25) is 0 Å². The van der Waals surface area contributed by atoms with Crippen LogP contribution in [0.4, 0.5) is 0 Å². The van der Waals surface area contributed by atoms with E-state index < -0.39 is 22.9 Å². The Hall–Kier alpha value is -0.990. The molecule has 1 aromatic heterocycles. The Morgan fingerprint density at radius 1 is 1.24 bits per heavy atom. The second-order valence-corrected chi connectivity index (χ2v) is 3.60. The molecule has 0 saturated carbocycles. The number of halogens is 1. The van der Waals surface area contributed by atoms with Crippen LogP contribution in [0.3, 0.4) is 0 Å². The summed E-state index contributed by atoms with van der Waals surface area (Å²) in [4.78, 5) is 37.7. The summed E-state index contributed by atoms with van der Waals surface area (Å²) < 4.78 is 10.7. The van der Waals surface area contributed by atoms with Crippen LogP contribution in [-0.2, 0) is 14.3 Å². The molecule has 0 aliphatic carbocycles. The first kappa shape index (κ1) is 14.1. The second-order valence-electron chi connectivity index (χ2n) is 3.04. The first-order valence-electron chi connectivity index (χ1n) is 4.97. The molecule has 96 valence electrons. The fourth-order valence-electron chi connectivity index (χ4n) is 1.11. The number of aromatic nitrogens is 1. The first-order valence-corrected chi connectivity index (χ1v) is 6.09. The van der Waals surface area contributed by atoms with E-state index in [1.165, 1.54) is 0 Å². The Labute approximate surface area is 105 Å². The van der Waals surface area contributed by atoms with Crippen LogP contribution in [-0.4, -0.2) is 35.0 Å². The Morgan fingerprint density at radius 3 is 2.00 bits per heavy atom. The van der Waals surface area contributed by atoms with Crippen molar-refractivity contribution < 1.29 is 19.1 Å². The van der Waals surface area contributed by atoms with Crippen molar-refractivity contribution >= 4 is 21.9 Å². The van der Waals surface area contributed by atoms with Crippen molar-refractivity contribution in [2.75, 3.05) is 18.5 Å². The number of carbonyl (C=O) groups excluding carboxylic acids is 1. The molecular weight excluding hydrogens is 298 g/mol. The van der Waals surface area contributed by atoms with E-state index in [0.29, 0.717) is 4.73 Å². The largest absolute Gasteiger partial charge is 0.393 e. The zero-order valence-corrected chi connectivity index (χ0v) is 11.0. The summed E-state index contributed by atoms with van der Waals surface area (Å²) in [5.41, 5.74) is -1.73. The molecular formula is C9H12BrNO6. The molecule has 0 atom stereocenters. The van der Waals surface area contributed by atoms with Crippen LogP contribution in [0.15, 0.2) is 9.59 Å². The van der Waals surface area contributed by atoms with Crippen molar-refractivity contribution in [3.63, 3.8) is 0 Å². The van der Waals surface area contributed by atoms with Gasteiger partial charge in [-0.05, 0) is 13.8 Å². The summed E-state index contributed by atoms with van der Waals surface area (Å²) in [6.07, 6.45) is 0. The first-order chi connectivity index (χ1) is 8.02. The Bertz CT molecular complexity index is 429. The minimum absolute atomic E-state index is 0.0245. The third-order valence-corrected chi connectivity index (χ3v) is 2.66. The molecule has 0 unspecified atom stereocenters. The molecule has 1 heterocycles. The molecule has 7 nitrogen and oxygen atoms in total. The second kappa shape index (κ2) is 5.56. The van der Waals surface area contributed by atoms with E-state index in [4.69, 9.17) is 9.47 Å². The van der Waals surface area contributed by atoms with E-state index in [-0.39, 0.29) is 18.5 Å². The van der Waals surface area contributed by atoms with Gasteiger partial charge in [-0.2, -0.15) is 0 Å². The summed E-state index contributed by atoms with van der Waals surface area (Å²) in [5.74, 6) is -2.59. The van der Waals surface area contributed by atoms with Gasteiger partial charge >= 0.3 is 17.1 Å². The van der Waals surface area contributed by atoms with E-state index in [9.17, 15) is 14.4 Å². The van der Waals surface area contributed by atoms with Crippen molar-refractivity contribution in [3.8, 4) is 0 Å². The number of rotatable bonds is 7. The van der Waals surface area contributed by atoms with E-state index in [0.717, 1.165) is 0 Å². The van der Waals surface area contributed by atoms with Crippen LogP contribution in [0.5, 0.6) is 0 Å². The molecule has 0 amide bonds. The van der Waals surface area contributed by atoms with Crippen molar-refractivity contribution in [1.82, 2.24) is 4.73 Å². The topological polar surface area (TPSA) is 83.8 Å². The molecule has 0 aromatic carbocycles. The molecule has 1 rings (SSSR count). The van der Waals surface area contributed by atoms with Gasteiger partial charge in [0.25, 0.3) is 5.79 Å². The van der Waals surface area contributed by atoms with Gasteiger partial charge in [0.15, 0.2) is 0 Å². The minimum atomic E-state index is -1.65. The van der Waals surface area contributed by atoms with Gasteiger partial charge in [0.1, 0.15) is 0 Å². The van der Waals surface area contributed by atoms with E-state index in [2.05, 4.69) is 20.8 Å². The predicted octanol–water partition coefficient (Wildman–Crippen LogP) is -0.796. The third kappa shape index (κ3) is 2.82. The number of nitrogens with zero attached hydrogens (tertiary/aromatic N) is 1. The molecule has 0 N–H and O–H groups in total. The molecule has 0 aliphatic rings. The van der Waals surface area contributed by atoms with Crippen molar-refractivity contribution in [1.29, 1.82) is 0 Å². The standard InChI is InChI=1S/C9H12BrNO6/c1-3-15-9(5-10,16-4-2)8(14)17-11-6(12)7(11)13/h3-5H2,1-2H3. The molecule has 17 heavy (non-hydrogen) atoms. The molecule has 8 heteroatoms. The number of carbonyl (C=O) groups is 1. The molecule has 0 saturated heterocycles. The lowest BCUT2D eigenvalue weighted by atomic mass is 10.3. The zero-order valence-electron chi connectivity index (χ0n) is 9.40. The lowest BCUT2D eigenvalue weighted by molar-refractivity contribution is -0.234. The van der Waals surface area contributed by atoms with Crippen LogP contribution in [0.1, 0.15) is 13.8 Å². The van der Waals surface area contributed by atoms with Gasteiger partial charge in [0.05, 0.1) is 5.33 Å². The highest BCUT2D eigenvalue weighted by Gasteiger charge is 2.43. The van der Waals surface area contributed by atoms with Crippen LogP contribution < -0.4 is 16.0 Å². The van der Waals surface area contributed by atoms with Gasteiger partial charge in [0.2, 0.25) is 0 Å². The maximum Gasteiger partial charge on any atom is 0.393 e. The van der Waals surface area contributed by atoms with E-state index in [1.807, 2.05) is 0 Å². The fourth-order valence-corrected chi connectivity index (χ4v) is 1.67. The van der Waals surface area contributed by atoms with Gasteiger partial charge in [-0.25, -0.2) is 4.79 Å². The quantitative estimate of drug-likeness (QED) is 0.373. The van der Waals surface area contributed by atoms with Crippen LogP contribution >= 0.6 is 15.9 Å². The van der Waals surface area contributed by atoms with Crippen molar-refractivity contribution in [2.45, 2.75) is 19.6 Å². The maximum atomic E-state index is 11.8. The van der Waals surface area contributed by atoms with Crippen molar-refractivity contribution in [2.24, 2.45) is 0 Å². The predicted molar refractivity (Wildman–Crippen MR) is 60.7 cm³/mol. The molecule has 0 fully saturated rings. The Balaban J connectivity index is 2.82. The highest BCUT2D eigenvalue weighted by Crippen LogP contribution is 2.17. The smallest absolute Gasteiger partial charge is 0.340 e. The van der Waals surface area contributed by atoms with Crippen LogP contribution in [0.25, 0.3) is 0 Å². The monoisotopic (exact) mass is 309 g/mol. The zero-order chi connectivity index (χ0) is 13.1. The molecule has 1 aromatic rings. The normalized spacial score (nSPS) is 11.9. The number of hydrogen-bond acceptors (Lipinski definition) is 6. The maximum absolute atomic E-state index is 11.8. The Morgan fingerprint density at radius 2 is 1.71 bits per heavy atom. The molecule has 0 spiro atoms. The summed E-state index contributed by atoms with van der Waals surface area (Å²) >= 11 is 3.08. The molecule has 0 aliphatic heterocycles. The summed E-state index contributed by atoms with van der Waals surface area (Å²) in [6, 6.07) is 0. The van der Waals surface area contributed by atoms with Gasteiger partial charge in [0, 0.05) is 13.2 Å². The summed E-state index contributed by atoms with van der Waals surface area (Å²) in [5, 5.41) is 0.0245. The average molecular weight is 310 g/mol. The van der Waals surface area contributed by atoms with E-state index in [1.54, 1.807) is 13.8 Å². The van der Waals surface area contributed by atoms with Crippen LogP contribution in [0, 0.1) is 0 Å². The number of hydrogen-bond donors (Lipinski definition) is 0. The lowest BCUT2D eigenvalue weighted by Crippen LogP contribution is -2.50. The summed E-state index contributed by atoms with van der Waals surface area (Å²) in [6.45, 7) is 3.78. The van der Waals surface area contributed by atoms with Crippen molar-refractivity contribution in [3.05, 3.63) is 20.7 Å². The summed E-state index contributed by atoms with van der Waals surface area (Å²) in [7, 11) is 0. The SMILES string of the molecule is CCOC(CBr)(OCC)C(=O)On1c(=O)c1=O. The van der Waals surface area contributed by atoms with Gasteiger partial charge in [-0.15, -0.1) is 0 Å². The fraction of sp³-hybridized carbons (Fsp3) is 0.667. The van der Waals surface area contributed by atoms with Gasteiger partial charge in [-0.3, -0.25) is 9.59 Å². The van der Waals surface area contributed by atoms with Gasteiger partial charge < -0.3 is 14.3 Å². The highest BCUT2D eigenvalue weighted by molar-refractivity contribution is 9.09. The Kier molecular flexibility index (Phi) is 4.61. The third-order valence-electron chi connectivity index (χ3n) is 1.92. The average Bonchev–Trinajstić information content (AvgIpc) is 2.86. The molecule has 0 radical (unpaired) electrons. The number of ether oxygens (including phenoxy) is 2. The number of alkyl halides is 1. The molecule has 0 bridgehead atoms. The minimum Gasteiger partial charge on any atom is -0.340 e.